The van der Waals surface area contributed by atoms with Gasteiger partial charge in [0.1, 0.15) is 0 Å². The molecule has 0 spiro atoms. The summed E-state index contributed by atoms with van der Waals surface area (Å²) in [6.45, 7) is 6.04. The Balaban J connectivity index is 0.00000256. The lowest BCUT2D eigenvalue weighted by atomic mass is 10.1. The minimum absolute atomic E-state index is 0. The number of halogens is 1. The van der Waals surface area contributed by atoms with Crippen LogP contribution in [0.5, 0.6) is 0 Å². The summed E-state index contributed by atoms with van der Waals surface area (Å²) in [6.07, 6.45) is 1.64. The Labute approximate surface area is 109 Å². The van der Waals surface area contributed by atoms with Gasteiger partial charge in [-0.1, -0.05) is 25.5 Å². The van der Waals surface area contributed by atoms with Gasteiger partial charge < -0.3 is 11.1 Å². The molecule has 17 heavy (non-hydrogen) atoms. The molecule has 96 valence electrons. The molecule has 1 unspecified atom stereocenters. The molecule has 1 atom stereocenters. The Hall–Kier alpha value is -1.06. The summed E-state index contributed by atoms with van der Waals surface area (Å²) in [5, 5.41) is 2.87. The van der Waals surface area contributed by atoms with Crippen molar-refractivity contribution in [2.45, 2.75) is 39.7 Å². The van der Waals surface area contributed by atoms with Crippen LogP contribution >= 0.6 is 12.4 Å². The topological polar surface area (TPSA) is 55.1 Å². The molecule has 0 radical (unpaired) electrons. The maximum Gasteiger partial charge on any atom is 0.241 e. The van der Waals surface area contributed by atoms with Crippen molar-refractivity contribution in [1.82, 2.24) is 0 Å². The van der Waals surface area contributed by atoms with E-state index in [1.165, 1.54) is 5.56 Å². The Bertz CT molecular complexity index is 380. The van der Waals surface area contributed by atoms with Crippen molar-refractivity contribution in [1.29, 1.82) is 0 Å². The normalized spacial score (nSPS) is 11.5. The van der Waals surface area contributed by atoms with Gasteiger partial charge in [0.05, 0.1) is 6.04 Å². The molecule has 0 saturated carbocycles. The highest BCUT2D eigenvalue weighted by Crippen LogP contribution is 2.18. The Morgan fingerprint density at radius 3 is 2.65 bits per heavy atom. The van der Waals surface area contributed by atoms with Crippen LogP contribution in [0.2, 0.25) is 0 Å². The number of amides is 1. The second-order valence-electron chi connectivity index (χ2n) is 4.13. The highest BCUT2D eigenvalue weighted by atomic mass is 35.5. The maximum absolute atomic E-state index is 11.7. The van der Waals surface area contributed by atoms with Gasteiger partial charge in [-0.05, 0) is 37.5 Å². The van der Waals surface area contributed by atoms with Gasteiger partial charge in [0.2, 0.25) is 5.91 Å². The van der Waals surface area contributed by atoms with Gasteiger partial charge in [-0.3, -0.25) is 4.79 Å². The first-order chi connectivity index (χ1) is 7.56. The van der Waals surface area contributed by atoms with Gasteiger partial charge >= 0.3 is 0 Å². The predicted octanol–water partition coefficient (Wildman–Crippen LogP) is 2.79. The Morgan fingerprint density at radius 2 is 2.06 bits per heavy atom. The van der Waals surface area contributed by atoms with Crippen LogP contribution in [0.15, 0.2) is 18.2 Å². The molecule has 0 heterocycles. The van der Waals surface area contributed by atoms with E-state index in [4.69, 9.17) is 5.73 Å². The minimum Gasteiger partial charge on any atom is -0.324 e. The summed E-state index contributed by atoms with van der Waals surface area (Å²) in [4.78, 5) is 11.7. The van der Waals surface area contributed by atoms with Crippen LogP contribution in [0.4, 0.5) is 5.69 Å². The summed E-state index contributed by atoms with van der Waals surface area (Å²) in [7, 11) is 0. The number of rotatable bonds is 4. The molecule has 1 rings (SSSR count). The highest BCUT2D eigenvalue weighted by Gasteiger charge is 2.13. The third-order valence-electron chi connectivity index (χ3n) is 2.80. The van der Waals surface area contributed by atoms with Crippen molar-refractivity contribution in [2.24, 2.45) is 5.73 Å². The van der Waals surface area contributed by atoms with Crippen LogP contribution in [0.1, 0.15) is 30.9 Å². The number of carbonyl (C=O) groups is 1. The van der Waals surface area contributed by atoms with Crippen molar-refractivity contribution in [3.63, 3.8) is 0 Å². The first kappa shape index (κ1) is 15.9. The lowest BCUT2D eigenvalue weighted by Gasteiger charge is -2.14. The molecule has 0 aliphatic heterocycles. The highest BCUT2D eigenvalue weighted by molar-refractivity contribution is 5.95. The molecule has 1 aromatic rings. The summed E-state index contributed by atoms with van der Waals surface area (Å²) in [5.41, 5.74) is 8.87. The van der Waals surface area contributed by atoms with E-state index < -0.39 is 6.04 Å². The zero-order valence-corrected chi connectivity index (χ0v) is 11.4. The number of nitrogens with two attached hydrogens (primary N) is 1. The molecule has 0 saturated heterocycles. The molecule has 4 heteroatoms. The smallest absolute Gasteiger partial charge is 0.241 e. The fraction of sp³-hybridized carbons (Fsp3) is 0.462. The first-order valence-corrected chi connectivity index (χ1v) is 5.69. The van der Waals surface area contributed by atoms with Gasteiger partial charge in [0.25, 0.3) is 0 Å². The van der Waals surface area contributed by atoms with Crippen molar-refractivity contribution < 1.29 is 4.79 Å². The average Bonchev–Trinajstić information content (AvgIpc) is 2.25. The Kier molecular flexibility index (Phi) is 6.85. The van der Waals surface area contributed by atoms with Crippen LogP contribution < -0.4 is 11.1 Å². The standard InChI is InChI=1S/C13H20N2O.ClH/c1-4-6-11(14)13(16)15-12-8-5-7-9(2)10(12)3;/h5,7-8,11H,4,6,14H2,1-3H3,(H,15,16);1H. The number of benzene rings is 1. The maximum atomic E-state index is 11.7. The van der Waals surface area contributed by atoms with Crippen molar-refractivity contribution in [2.75, 3.05) is 5.32 Å². The molecular weight excluding hydrogens is 236 g/mol. The first-order valence-electron chi connectivity index (χ1n) is 5.69. The molecule has 0 fully saturated rings. The molecule has 0 bridgehead atoms. The summed E-state index contributed by atoms with van der Waals surface area (Å²) >= 11 is 0. The number of carbonyl (C=O) groups excluding carboxylic acids is 1. The fourth-order valence-electron chi connectivity index (χ4n) is 1.55. The lowest BCUT2D eigenvalue weighted by Crippen LogP contribution is -2.35. The van der Waals surface area contributed by atoms with Crippen molar-refractivity contribution in [3.8, 4) is 0 Å². The van der Waals surface area contributed by atoms with E-state index in [2.05, 4.69) is 5.32 Å². The second-order valence-corrected chi connectivity index (χ2v) is 4.13. The molecule has 0 aromatic heterocycles. The van der Waals surface area contributed by atoms with Crippen molar-refractivity contribution >= 4 is 24.0 Å². The van der Waals surface area contributed by atoms with E-state index in [1.807, 2.05) is 39.0 Å². The monoisotopic (exact) mass is 256 g/mol. The third-order valence-corrected chi connectivity index (χ3v) is 2.80. The van der Waals surface area contributed by atoms with E-state index >= 15 is 0 Å². The number of hydrogen-bond donors (Lipinski definition) is 2. The largest absolute Gasteiger partial charge is 0.324 e. The van der Waals surface area contributed by atoms with Crippen molar-refractivity contribution in [3.05, 3.63) is 29.3 Å². The third kappa shape index (κ3) is 4.36. The van der Waals surface area contributed by atoms with Crippen LogP contribution in [0, 0.1) is 13.8 Å². The predicted molar refractivity (Wildman–Crippen MR) is 74.7 cm³/mol. The molecule has 1 aromatic carbocycles. The number of anilines is 1. The summed E-state index contributed by atoms with van der Waals surface area (Å²) < 4.78 is 0. The van der Waals surface area contributed by atoms with Crippen LogP contribution in [0.25, 0.3) is 0 Å². The number of hydrogen-bond acceptors (Lipinski definition) is 2. The zero-order chi connectivity index (χ0) is 12.1. The lowest BCUT2D eigenvalue weighted by molar-refractivity contribution is -0.117. The summed E-state index contributed by atoms with van der Waals surface area (Å²) in [5.74, 6) is -0.101. The molecule has 3 N–H and O–H groups in total. The molecule has 0 aliphatic carbocycles. The van der Waals surface area contributed by atoms with Gasteiger partial charge in [-0.2, -0.15) is 0 Å². The van der Waals surface area contributed by atoms with Crippen LogP contribution in [0.3, 0.4) is 0 Å². The molecule has 1 amide bonds. The van der Waals surface area contributed by atoms with Gasteiger partial charge in [0.15, 0.2) is 0 Å². The van der Waals surface area contributed by atoms with E-state index in [0.29, 0.717) is 0 Å². The van der Waals surface area contributed by atoms with Gasteiger partial charge in [-0.25, -0.2) is 0 Å². The van der Waals surface area contributed by atoms with E-state index in [-0.39, 0.29) is 18.3 Å². The minimum atomic E-state index is -0.412. The molecule has 3 nitrogen and oxygen atoms in total. The summed E-state index contributed by atoms with van der Waals surface area (Å²) in [6, 6.07) is 5.45. The number of nitrogens with one attached hydrogen (secondary N) is 1. The Morgan fingerprint density at radius 1 is 1.41 bits per heavy atom. The van der Waals surface area contributed by atoms with Crippen LogP contribution in [-0.2, 0) is 4.79 Å². The molecule has 0 aliphatic rings. The SMILES string of the molecule is CCCC(N)C(=O)Nc1cccc(C)c1C.Cl. The average molecular weight is 257 g/mol. The number of aryl methyl sites for hydroxylation is 1. The van der Waals surface area contributed by atoms with E-state index in [9.17, 15) is 4.79 Å². The van der Waals surface area contributed by atoms with Gasteiger partial charge in [-0.15, -0.1) is 12.4 Å². The fourth-order valence-corrected chi connectivity index (χ4v) is 1.55. The quantitative estimate of drug-likeness (QED) is 0.870. The second kappa shape index (κ2) is 7.30. The van der Waals surface area contributed by atoms with E-state index in [0.717, 1.165) is 24.1 Å². The molecular formula is C13H21ClN2O. The van der Waals surface area contributed by atoms with Crippen LogP contribution in [-0.4, -0.2) is 11.9 Å². The van der Waals surface area contributed by atoms with E-state index in [1.54, 1.807) is 0 Å². The van der Waals surface area contributed by atoms with Gasteiger partial charge in [0, 0.05) is 5.69 Å². The zero-order valence-electron chi connectivity index (χ0n) is 10.6.